The van der Waals surface area contributed by atoms with Crippen molar-refractivity contribution in [2.75, 3.05) is 38.1 Å². The van der Waals surface area contributed by atoms with Crippen LogP contribution in [-0.4, -0.2) is 55.9 Å². The average molecular weight is 443 g/mol. The van der Waals surface area contributed by atoms with Crippen molar-refractivity contribution in [1.82, 2.24) is 9.88 Å². The molecule has 1 aliphatic heterocycles. The number of hydrogen-bond donors (Lipinski definition) is 0. The summed E-state index contributed by atoms with van der Waals surface area (Å²) in [6.45, 7) is 5.96. The van der Waals surface area contributed by atoms with E-state index in [1.807, 2.05) is 26.8 Å². The molecule has 1 aromatic carbocycles. The second-order valence-electron chi connectivity index (χ2n) is 8.58. The maximum Gasteiger partial charge on any atom is 0.416 e. The number of ether oxygens (including phenoxy) is 3. The number of methoxy groups -OCH3 is 2. The Balaban J connectivity index is 2.02. The van der Waals surface area contributed by atoms with Crippen LogP contribution < -0.4 is 19.3 Å². The third-order valence-corrected chi connectivity index (χ3v) is 5.01. The molecule has 0 aliphatic carbocycles. The molecule has 0 fully saturated rings. The average Bonchev–Trinajstić information content (AvgIpc) is 2.74. The lowest BCUT2D eigenvalue weighted by molar-refractivity contribution is 0.0576. The van der Waals surface area contributed by atoms with Gasteiger partial charge >= 0.3 is 12.1 Å². The van der Waals surface area contributed by atoms with Gasteiger partial charge in [0.2, 0.25) is 0 Å². The summed E-state index contributed by atoms with van der Waals surface area (Å²) in [7, 11) is 6.56. The van der Waals surface area contributed by atoms with Crippen LogP contribution in [0.1, 0.15) is 32.0 Å². The minimum atomic E-state index is -0.680. The largest absolute Gasteiger partial charge is 0.497 e. The predicted molar refractivity (Wildman–Crippen MR) is 121 cm³/mol. The van der Waals surface area contributed by atoms with Gasteiger partial charge in [0.25, 0.3) is 0 Å². The molecule has 9 heteroatoms. The molecule has 172 valence electrons. The van der Waals surface area contributed by atoms with Crippen molar-refractivity contribution >= 4 is 23.6 Å². The first kappa shape index (κ1) is 23.2. The molecule has 0 atom stereocenters. The van der Waals surface area contributed by atoms with Crippen molar-refractivity contribution in [2.45, 2.75) is 39.5 Å². The zero-order chi connectivity index (χ0) is 23.6. The van der Waals surface area contributed by atoms with E-state index in [0.717, 1.165) is 5.56 Å². The summed E-state index contributed by atoms with van der Waals surface area (Å²) in [5, 5.41) is 0. The number of rotatable bonds is 5. The Morgan fingerprint density at radius 2 is 1.84 bits per heavy atom. The molecule has 1 aromatic heterocycles. The lowest BCUT2D eigenvalue weighted by Gasteiger charge is -2.33. The number of urea groups is 1. The summed E-state index contributed by atoms with van der Waals surface area (Å²) < 4.78 is 16.4. The molecule has 2 heterocycles. The summed E-state index contributed by atoms with van der Waals surface area (Å²) in [4.78, 5) is 34.7. The molecule has 0 radical (unpaired) electrons. The zero-order valence-corrected chi connectivity index (χ0v) is 19.6. The van der Waals surface area contributed by atoms with Gasteiger partial charge in [-0.3, -0.25) is 9.80 Å². The summed E-state index contributed by atoms with van der Waals surface area (Å²) in [5.74, 6) is 1.66. The quantitative estimate of drug-likeness (QED) is 0.695. The van der Waals surface area contributed by atoms with Gasteiger partial charge in [-0.15, -0.1) is 0 Å². The van der Waals surface area contributed by atoms with Crippen LogP contribution in [0.25, 0.3) is 0 Å². The highest BCUT2D eigenvalue weighted by Gasteiger charge is 2.30. The lowest BCUT2D eigenvalue weighted by atomic mass is 10.1. The number of hydrogen-bond acceptors (Lipinski definition) is 6. The third-order valence-electron chi connectivity index (χ3n) is 5.01. The van der Waals surface area contributed by atoms with Gasteiger partial charge in [0.05, 0.1) is 38.7 Å². The minimum absolute atomic E-state index is 0.112. The van der Waals surface area contributed by atoms with Crippen LogP contribution in [-0.2, 0) is 17.8 Å². The molecule has 0 unspecified atom stereocenters. The van der Waals surface area contributed by atoms with Crippen molar-refractivity contribution in [3.8, 4) is 11.5 Å². The lowest BCUT2D eigenvalue weighted by Crippen LogP contribution is -2.43. The Kier molecular flexibility index (Phi) is 6.47. The third kappa shape index (κ3) is 4.87. The molecule has 0 saturated carbocycles. The fraction of sp³-hybridized carbons (Fsp3) is 0.435. The van der Waals surface area contributed by atoms with Crippen molar-refractivity contribution in [3.05, 3.63) is 41.6 Å². The van der Waals surface area contributed by atoms with Gasteiger partial charge in [-0.25, -0.2) is 14.6 Å². The number of fused-ring (bicyclic) bond motifs is 1. The maximum absolute atomic E-state index is 13.2. The van der Waals surface area contributed by atoms with Gasteiger partial charge in [0, 0.05) is 25.7 Å². The normalized spacial score (nSPS) is 13.5. The highest BCUT2D eigenvalue weighted by Crippen LogP contribution is 2.31. The predicted octanol–water partition coefficient (Wildman–Crippen LogP) is 4.04. The van der Waals surface area contributed by atoms with Crippen LogP contribution in [0.15, 0.2) is 30.3 Å². The molecule has 1 aliphatic rings. The highest BCUT2D eigenvalue weighted by atomic mass is 16.6. The minimum Gasteiger partial charge on any atom is -0.497 e. The Morgan fingerprint density at radius 3 is 2.47 bits per heavy atom. The molecular weight excluding hydrogens is 412 g/mol. The molecule has 3 amide bonds. The van der Waals surface area contributed by atoms with Gasteiger partial charge in [0.1, 0.15) is 22.9 Å². The standard InChI is InChI=1S/C23H30N4O5/c1-23(2,3)32-22(29)27(13-15-8-9-16(30-6)12-19(15)31-7)20-11-10-18-17(24-20)14-25(4)21(28)26(18)5/h8-12H,13-14H2,1-7H3. The Labute approximate surface area is 188 Å². The topological polar surface area (TPSA) is 84.4 Å². The number of carbonyl (C=O) groups excluding carboxylic acids is 2. The van der Waals surface area contributed by atoms with Crippen LogP contribution in [0.2, 0.25) is 0 Å². The van der Waals surface area contributed by atoms with Crippen LogP contribution >= 0.6 is 0 Å². The van der Waals surface area contributed by atoms with Crippen molar-refractivity contribution in [1.29, 1.82) is 0 Å². The molecule has 3 rings (SSSR count). The Morgan fingerprint density at radius 1 is 1.12 bits per heavy atom. The fourth-order valence-corrected chi connectivity index (χ4v) is 3.41. The van der Waals surface area contributed by atoms with Gasteiger partial charge < -0.3 is 19.1 Å². The number of nitrogens with zero attached hydrogens (tertiary/aromatic N) is 4. The summed E-state index contributed by atoms with van der Waals surface area (Å²) in [6, 6.07) is 8.81. The van der Waals surface area contributed by atoms with Crippen LogP contribution in [0.4, 0.5) is 21.1 Å². The van der Waals surface area contributed by atoms with E-state index < -0.39 is 11.7 Å². The SMILES string of the molecule is COc1ccc(CN(C(=O)OC(C)(C)C)c2ccc3c(n2)CN(C)C(=O)N3C)c(OC)c1. The van der Waals surface area contributed by atoms with Crippen molar-refractivity contribution in [2.24, 2.45) is 0 Å². The molecule has 32 heavy (non-hydrogen) atoms. The van der Waals surface area contributed by atoms with E-state index >= 15 is 0 Å². The summed E-state index contributed by atoms with van der Waals surface area (Å²) in [5.41, 5.74) is 1.49. The number of pyridine rings is 1. The Bertz CT molecular complexity index is 1020. The molecule has 0 N–H and O–H groups in total. The van der Waals surface area contributed by atoms with Crippen LogP contribution in [0.3, 0.4) is 0 Å². The molecule has 2 aromatic rings. The monoisotopic (exact) mass is 442 g/mol. The number of benzene rings is 1. The van der Waals surface area contributed by atoms with Crippen molar-refractivity contribution in [3.63, 3.8) is 0 Å². The van der Waals surface area contributed by atoms with E-state index in [9.17, 15) is 9.59 Å². The molecule has 0 saturated heterocycles. The molecular formula is C23H30N4O5. The van der Waals surface area contributed by atoms with E-state index in [4.69, 9.17) is 19.2 Å². The Hall–Kier alpha value is -3.49. The summed E-state index contributed by atoms with van der Waals surface area (Å²) in [6.07, 6.45) is -0.531. The molecule has 0 bridgehead atoms. The van der Waals surface area contributed by atoms with E-state index in [-0.39, 0.29) is 12.6 Å². The number of anilines is 2. The number of amides is 3. The van der Waals surface area contributed by atoms with E-state index in [0.29, 0.717) is 35.2 Å². The van der Waals surface area contributed by atoms with Gasteiger partial charge in [0.15, 0.2) is 0 Å². The number of aromatic nitrogens is 1. The van der Waals surface area contributed by atoms with E-state index in [1.54, 1.807) is 62.4 Å². The van der Waals surface area contributed by atoms with Crippen molar-refractivity contribution < 1.29 is 23.8 Å². The second kappa shape index (κ2) is 8.94. The first-order valence-electron chi connectivity index (χ1n) is 10.2. The highest BCUT2D eigenvalue weighted by molar-refractivity contribution is 5.94. The smallest absolute Gasteiger partial charge is 0.416 e. The van der Waals surface area contributed by atoms with Gasteiger partial charge in [-0.2, -0.15) is 0 Å². The maximum atomic E-state index is 13.2. The van der Waals surface area contributed by atoms with E-state index in [1.165, 1.54) is 4.90 Å². The zero-order valence-electron chi connectivity index (χ0n) is 19.6. The number of carbonyl (C=O) groups is 2. The van der Waals surface area contributed by atoms with Gasteiger partial charge in [-0.1, -0.05) is 0 Å². The van der Waals surface area contributed by atoms with Crippen LogP contribution in [0, 0.1) is 0 Å². The van der Waals surface area contributed by atoms with Crippen LogP contribution in [0.5, 0.6) is 11.5 Å². The second-order valence-corrected chi connectivity index (χ2v) is 8.58. The summed E-state index contributed by atoms with van der Waals surface area (Å²) >= 11 is 0. The first-order valence-corrected chi connectivity index (χ1v) is 10.2. The first-order chi connectivity index (χ1) is 15.0. The molecule has 0 spiro atoms. The van der Waals surface area contributed by atoms with E-state index in [2.05, 4.69) is 0 Å². The molecule has 9 nitrogen and oxygen atoms in total. The fourth-order valence-electron chi connectivity index (χ4n) is 3.41. The van der Waals surface area contributed by atoms with Gasteiger partial charge in [-0.05, 0) is 45.0 Å².